The van der Waals surface area contributed by atoms with Crippen LogP contribution in [0.4, 0.5) is 0 Å². The summed E-state index contributed by atoms with van der Waals surface area (Å²) in [4.78, 5) is 11.4. The van der Waals surface area contributed by atoms with Gasteiger partial charge in [0.25, 0.3) is 0 Å². The minimum Gasteiger partial charge on any atom is -0.367 e. The minimum absolute atomic E-state index is 0.175. The van der Waals surface area contributed by atoms with Crippen LogP contribution < -0.4 is 0 Å². The maximum Gasteiger partial charge on any atom is 0.158 e. The molecule has 1 fully saturated rings. The number of ether oxygens (including phenoxy) is 1. The van der Waals surface area contributed by atoms with E-state index in [-0.39, 0.29) is 18.0 Å². The van der Waals surface area contributed by atoms with Gasteiger partial charge in [0.1, 0.15) is 6.10 Å². The number of hydrogen-bond donors (Lipinski definition) is 0. The molecule has 0 aromatic carbocycles. The molecule has 82 valence electrons. The first-order valence-electron chi connectivity index (χ1n) is 5.64. The normalized spacial score (nSPS) is 43.6. The number of Topliss-reactive ketones (excluding diaryl/α,β-unsaturated/α-hetero) is 1. The van der Waals surface area contributed by atoms with Crippen LogP contribution in [0.15, 0.2) is 0 Å². The first kappa shape index (κ1) is 11.7. The molecule has 0 aromatic rings. The molecule has 2 heteroatoms. The fourth-order valence-corrected chi connectivity index (χ4v) is 2.46. The van der Waals surface area contributed by atoms with Crippen molar-refractivity contribution in [2.24, 2.45) is 17.8 Å². The maximum absolute atomic E-state index is 11.4. The van der Waals surface area contributed by atoms with Gasteiger partial charge in [0, 0.05) is 0 Å². The highest BCUT2D eigenvalue weighted by molar-refractivity contribution is 5.80. The Bertz CT molecular complexity index is 210. The molecule has 0 amide bonds. The van der Waals surface area contributed by atoms with E-state index in [1.54, 1.807) is 6.92 Å². The summed E-state index contributed by atoms with van der Waals surface area (Å²) in [5.41, 5.74) is 0. The Balaban J connectivity index is 2.78. The lowest BCUT2D eigenvalue weighted by molar-refractivity contribution is -0.159. The molecule has 1 saturated heterocycles. The molecule has 1 aliphatic heterocycles. The topological polar surface area (TPSA) is 26.3 Å². The maximum atomic E-state index is 11.4. The van der Waals surface area contributed by atoms with E-state index in [1.807, 2.05) is 0 Å². The molecule has 1 heterocycles. The summed E-state index contributed by atoms with van der Waals surface area (Å²) in [5, 5.41) is 0. The van der Waals surface area contributed by atoms with Gasteiger partial charge in [-0.05, 0) is 31.1 Å². The third-order valence-electron chi connectivity index (χ3n) is 3.85. The van der Waals surface area contributed by atoms with Gasteiger partial charge in [-0.1, -0.05) is 27.7 Å². The zero-order valence-electron chi connectivity index (χ0n) is 9.91. The van der Waals surface area contributed by atoms with E-state index >= 15 is 0 Å². The Morgan fingerprint density at radius 2 is 1.71 bits per heavy atom. The summed E-state index contributed by atoms with van der Waals surface area (Å²) in [6.07, 6.45) is 1.09. The van der Waals surface area contributed by atoms with Crippen molar-refractivity contribution in [3.63, 3.8) is 0 Å². The first-order chi connectivity index (χ1) is 6.49. The molecule has 0 aromatic heterocycles. The number of ketones is 1. The van der Waals surface area contributed by atoms with Gasteiger partial charge in [0.05, 0.1) is 6.10 Å². The summed E-state index contributed by atoms with van der Waals surface area (Å²) in [7, 11) is 0. The molecule has 2 nitrogen and oxygen atoms in total. The van der Waals surface area contributed by atoms with Crippen LogP contribution in [-0.4, -0.2) is 18.0 Å². The van der Waals surface area contributed by atoms with Gasteiger partial charge in [-0.15, -0.1) is 0 Å². The van der Waals surface area contributed by atoms with E-state index in [1.165, 1.54) is 0 Å². The standard InChI is InChI=1S/C12H22O2/c1-6-11-8(3)7(2)9(4)12(14-11)10(5)13/h7-9,11-12H,6H2,1-5H3/t7-,8-,9+,11?,12+/m1/s1. The molecule has 1 rings (SSSR count). The van der Waals surface area contributed by atoms with Gasteiger partial charge in [0.2, 0.25) is 0 Å². The lowest BCUT2D eigenvalue weighted by Gasteiger charge is -2.42. The Kier molecular flexibility index (Phi) is 3.71. The molecule has 0 saturated carbocycles. The Morgan fingerprint density at radius 1 is 1.14 bits per heavy atom. The van der Waals surface area contributed by atoms with Gasteiger partial charge in [0.15, 0.2) is 5.78 Å². The van der Waals surface area contributed by atoms with E-state index < -0.39 is 0 Å². The molecular weight excluding hydrogens is 176 g/mol. The van der Waals surface area contributed by atoms with Crippen LogP contribution in [-0.2, 0) is 9.53 Å². The smallest absolute Gasteiger partial charge is 0.158 e. The number of hydrogen-bond acceptors (Lipinski definition) is 2. The zero-order valence-corrected chi connectivity index (χ0v) is 9.91. The highest BCUT2D eigenvalue weighted by atomic mass is 16.5. The summed E-state index contributed by atoms with van der Waals surface area (Å²) in [5.74, 6) is 1.66. The van der Waals surface area contributed by atoms with Gasteiger partial charge in [-0.2, -0.15) is 0 Å². The molecule has 1 unspecified atom stereocenters. The molecule has 0 radical (unpaired) electrons. The van der Waals surface area contributed by atoms with Crippen LogP contribution in [0.1, 0.15) is 41.0 Å². The van der Waals surface area contributed by atoms with Gasteiger partial charge < -0.3 is 4.74 Å². The monoisotopic (exact) mass is 198 g/mol. The van der Waals surface area contributed by atoms with Crippen LogP contribution in [0, 0.1) is 17.8 Å². The highest BCUT2D eigenvalue weighted by Crippen LogP contribution is 2.36. The van der Waals surface area contributed by atoms with E-state index in [0.717, 1.165) is 6.42 Å². The van der Waals surface area contributed by atoms with E-state index in [2.05, 4.69) is 27.7 Å². The van der Waals surface area contributed by atoms with Crippen molar-refractivity contribution in [1.29, 1.82) is 0 Å². The van der Waals surface area contributed by atoms with Crippen molar-refractivity contribution in [2.45, 2.75) is 53.2 Å². The average Bonchev–Trinajstić information content (AvgIpc) is 2.14. The lowest BCUT2D eigenvalue weighted by Crippen LogP contribution is -2.47. The third-order valence-corrected chi connectivity index (χ3v) is 3.85. The largest absolute Gasteiger partial charge is 0.367 e. The second-order valence-corrected chi connectivity index (χ2v) is 4.69. The van der Waals surface area contributed by atoms with Crippen LogP contribution in [0.3, 0.4) is 0 Å². The van der Waals surface area contributed by atoms with Gasteiger partial charge in [-0.25, -0.2) is 0 Å². The van der Waals surface area contributed by atoms with Crippen LogP contribution in [0.2, 0.25) is 0 Å². The van der Waals surface area contributed by atoms with Crippen molar-refractivity contribution in [1.82, 2.24) is 0 Å². The van der Waals surface area contributed by atoms with Crippen molar-refractivity contribution in [2.75, 3.05) is 0 Å². The molecule has 1 aliphatic rings. The number of carbonyl (C=O) groups is 1. The van der Waals surface area contributed by atoms with E-state index in [4.69, 9.17) is 4.74 Å². The second-order valence-electron chi connectivity index (χ2n) is 4.69. The van der Waals surface area contributed by atoms with Crippen LogP contribution in [0.25, 0.3) is 0 Å². The summed E-state index contributed by atoms with van der Waals surface area (Å²) in [6.45, 7) is 10.3. The van der Waals surface area contributed by atoms with E-state index in [0.29, 0.717) is 17.8 Å². The molecular formula is C12H22O2. The summed E-state index contributed by atoms with van der Waals surface area (Å²) in [6, 6.07) is 0. The summed E-state index contributed by atoms with van der Waals surface area (Å²) < 4.78 is 5.84. The van der Waals surface area contributed by atoms with Crippen molar-refractivity contribution >= 4 is 5.78 Å². The van der Waals surface area contributed by atoms with Crippen LogP contribution >= 0.6 is 0 Å². The summed E-state index contributed by atoms with van der Waals surface area (Å²) >= 11 is 0. The van der Waals surface area contributed by atoms with Crippen molar-refractivity contribution < 1.29 is 9.53 Å². The van der Waals surface area contributed by atoms with Gasteiger partial charge in [-0.3, -0.25) is 4.79 Å². The van der Waals surface area contributed by atoms with E-state index in [9.17, 15) is 4.79 Å². The molecule has 0 aliphatic carbocycles. The SMILES string of the molecule is CCC1O[C@H](C(C)=O)[C@@H](C)[C@H](C)[C@H]1C. The average molecular weight is 198 g/mol. The quantitative estimate of drug-likeness (QED) is 0.682. The number of rotatable bonds is 2. The second kappa shape index (κ2) is 4.43. The Hall–Kier alpha value is -0.370. The van der Waals surface area contributed by atoms with Crippen molar-refractivity contribution in [3.8, 4) is 0 Å². The third kappa shape index (κ3) is 2.00. The van der Waals surface area contributed by atoms with Crippen molar-refractivity contribution in [3.05, 3.63) is 0 Å². The minimum atomic E-state index is -0.175. The molecule has 0 N–H and O–H groups in total. The first-order valence-corrected chi connectivity index (χ1v) is 5.64. The predicted molar refractivity (Wildman–Crippen MR) is 57.1 cm³/mol. The predicted octanol–water partition coefficient (Wildman–Crippen LogP) is 2.66. The fraction of sp³-hybridized carbons (Fsp3) is 0.917. The molecule has 14 heavy (non-hydrogen) atoms. The zero-order chi connectivity index (χ0) is 10.9. The highest BCUT2D eigenvalue weighted by Gasteiger charge is 2.39. The Morgan fingerprint density at radius 3 is 2.14 bits per heavy atom. The Labute approximate surface area is 87.0 Å². The lowest BCUT2D eigenvalue weighted by atomic mass is 9.75. The van der Waals surface area contributed by atoms with Gasteiger partial charge >= 0.3 is 0 Å². The van der Waals surface area contributed by atoms with Crippen LogP contribution in [0.5, 0.6) is 0 Å². The number of carbonyl (C=O) groups excluding carboxylic acids is 1. The molecule has 0 spiro atoms. The molecule has 0 bridgehead atoms. The molecule has 5 atom stereocenters. The fourth-order valence-electron chi connectivity index (χ4n) is 2.46.